The van der Waals surface area contributed by atoms with E-state index in [-0.39, 0.29) is 6.10 Å². The van der Waals surface area contributed by atoms with Crippen molar-refractivity contribution in [3.63, 3.8) is 0 Å². The van der Waals surface area contributed by atoms with Gasteiger partial charge in [-0.25, -0.2) is 4.98 Å². The van der Waals surface area contributed by atoms with Gasteiger partial charge in [0.15, 0.2) is 0 Å². The van der Waals surface area contributed by atoms with Gasteiger partial charge in [0.2, 0.25) is 5.95 Å². The van der Waals surface area contributed by atoms with E-state index >= 15 is 0 Å². The van der Waals surface area contributed by atoms with Gasteiger partial charge in [-0.15, -0.1) is 0 Å². The number of carboxylic acid groups (broad SMARTS) is 1. The molecule has 0 saturated carbocycles. The Balaban J connectivity index is 2.15. The number of pyridine rings is 1. The van der Waals surface area contributed by atoms with Gasteiger partial charge in [-0.1, -0.05) is 0 Å². The van der Waals surface area contributed by atoms with Gasteiger partial charge >= 0.3 is 5.97 Å². The van der Waals surface area contributed by atoms with Crippen LogP contribution in [0, 0.1) is 11.9 Å². The van der Waals surface area contributed by atoms with Gasteiger partial charge in [-0.05, 0) is 30.5 Å². The number of ether oxygens (including phenoxy) is 2. The fraction of sp³-hybridized carbons (Fsp3) is 0.538. The van der Waals surface area contributed by atoms with E-state index in [4.69, 9.17) is 9.47 Å². The maximum Gasteiger partial charge on any atom is 0.309 e. The second-order valence-corrected chi connectivity index (χ2v) is 4.55. The van der Waals surface area contributed by atoms with Crippen LogP contribution in [-0.2, 0) is 14.3 Å². The highest BCUT2D eigenvalue weighted by Gasteiger charge is 2.40. The highest BCUT2D eigenvalue weighted by molar-refractivity contribution is 5.71. The second-order valence-electron chi connectivity index (χ2n) is 4.55. The van der Waals surface area contributed by atoms with Crippen LogP contribution >= 0.6 is 0 Å². The van der Waals surface area contributed by atoms with E-state index in [2.05, 4.69) is 4.98 Å². The number of aromatic nitrogens is 1. The summed E-state index contributed by atoms with van der Waals surface area (Å²) >= 11 is 0. The lowest BCUT2D eigenvalue weighted by Crippen LogP contribution is -2.17. The molecule has 1 saturated heterocycles. The van der Waals surface area contributed by atoms with Crippen molar-refractivity contribution in [3.8, 4) is 0 Å². The van der Waals surface area contributed by atoms with Crippen molar-refractivity contribution in [3.05, 3.63) is 29.8 Å². The molecule has 2 heterocycles. The zero-order chi connectivity index (χ0) is 13.8. The maximum atomic E-state index is 13.1. The zero-order valence-electron chi connectivity index (χ0n) is 10.6. The quantitative estimate of drug-likeness (QED) is 0.825. The van der Waals surface area contributed by atoms with Gasteiger partial charge in [-0.2, -0.15) is 4.39 Å². The van der Waals surface area contributed by atoms with Crippen molar-refractivity contribution >= 4 is 5.97 Å². The Morgan fingerprint density at radius 3 is 3.11 bits per heavy atom. The number of carboxylic acids is 1. The van der Waals surface area contributed by atoms with Crippen LogP contribution in [0.1, 0.15) is 24.5 Å². The molecule has 3 atom stereocenters. The molecule has 1 aromatic rings. The van der Waals surface area contributed by atoms with Crippen LogP contribution in [0.25, 0.3) is 0 Å². The van der Waals surface area contributed by atoms with E-state index in [0.717, 1.165) is 0 Å². The summed E-state index contributed by atoms with van der Waals surface area (Å²) < 4.78 is 23.8. The Kier molecular flexibility index (Phi) is 4.44. The summed E-state index contributed by atoms with van der Waals surface area (Å²) in [5.41, 5.74) is 0.514. The first kappa shape index (κ1) is 13.9. The Morgan fingerprint density at radius 2 is 2.47 bits per heavy atom. The van der Waals surface area contributed by atoms with Crippen molar-refractivity contribution in [1.29, 1.82) is 0 Å². The van der Waals surface area contributed by atoms with E-state index in [9.17, 15) is 14.3 Å². The second kappa shape index (κ2) is 6.08. The van der Waals surface area contributed by atoms with E-state index in [0.29, 0.717) is 25.0 Å². The molecule has 1 fully saturated rings. The standard InChI is InChI=1S/C13H16FNO4/c1-18-5-3-9-7-10(13(16)17)12(19-9)8-2-4-15-11(14)6-8/h2,4,6,9-10,12H,3,5,7H2,1H3,(H,16,17)/t9-,10-,12+/m1/s1. The average molecular weight is 269 g/mol. The third-order valence-corrected chi connectivity index (χ3v) is 3.26. The molecule has 0 aliphatic carbocycles. The predicted molar refractivity (Wildman–Crippen MR) is 64.0 cm³/mol. The molecule has 19 heavy (non-hydrogen) atoms. The van der Waals surface area contributed by atoms with Crippen molar-refractivity contribution in [2.24, 2.45) is 5.92 Å². The van der Waals surface area contributed by atoms with Crippen LogP contribution in [0.4, 0.5) is 4.39 Å². The normalized spacial score (nSPS) is 26.5. The fourth-order valence-electron chi connectivity index (χ4n) is 2.34. The maximum absolute atomic E-state index is 13.1. The van der Waals surface area contributed by atoms with Crippen LogP contribution in [0.5, 0.6) is 0 Å². The topological polar surface area (TPSA) is 68.7 Å². The summed E-state index contributed by atoms with van der Waals surface area (Å²) in [5, 5.41) is 9.24. The molecule has 0 aromatic carbocycles. The van der Waals surface area contributed by atoms with E-state index in [1.807, 2.05) is 0 Å². The summed E-state index contributed by atoms with van der Waals surface area (Å²) in [6.07, 6.45) is 1.55. The minimum absolute atomic E-state index is 0.178. The SMILES string of the molecule is COCC[C@@H]1C[C@@H](C(=O)O)[C@H](c2ccnc(F)c2)O1. The molecule has 0 spiro atoms. The zero-order valence-corrected chi connectivity index (χ0v) is 10.6. The molecule has 2 rings (SSSR count). The lowest BCUT2D eigenvalue weighted by molar-refractivity contribution is -0.143. The monoisotopic (exact) mass is 269 g/mol. The summed E-state index contributed by atoms with van der Waals surface area (Å²) in [5.74, 6) is -2.23. The summed E-state index contributed by atoms with van der Waals surface area (Å²) in [4.78, 5) is 14.7. The molecule has 0 bridgehead atoms. The molecular weight excluding hydrogens is 253 g/mol. The lowest BCUT2D eigenvalue weighted by atomic mass is 9.94. The molecule has 5 nitrogen and oxygen atoms in total. The average Bonchev–Trinajstić information content (AvgIpc) is 2.80. The largest absolute Gasteiger partial charge is 0.481 e. The van der Waals surface area contributed by atoms with Gasteiger partial charge in [0.25, 0.3) is 0 Å². The Labute approximate surface area is 110 Å². The lowest BCUT2D eigenvalue weighted by Gasteiger charge is -2.16. The van der Waals surface area contributed by atoms with Crippen LogP contribution < -0.4 is 0 Å². The van der Waals surface area contributed by atoms with Crippen molar-refractivity contribution in [2.75, 3.05) is 13.7 Å². The summed E-state index contributed by atoms with van der Waals surface area (Å²) in [7, 11) is 1.58. The van der Waals surface area contributed by atoms with E-state index in [1.54, 1.807) is 13.2 Å². The van der Waals surface area contributed by atoms with Crippen LogP contribution in [0.3, 0.4) is 0 Å². The number of nitrogens with zero attached hydrogens (tertiary/aromatic N) is 1. The highest BCUT2D eigenvalue weighted by Crippen LogP contribution is 2.39. The number of carbonyl (C=O) groups is 1. The molecule has 0 unspecified atom stereocenters. The predicted octanol–water partition coefficient (Wildman–Crippen LogP) is 1.79. The Bertz CT molecular complexity index is 454. The van der Waals surface area contributed by atoms with Gasteiger partial charge in [0.1, 0.15) is 0 Å². The molecule has 1 N–H and O–H groups in total. The van der Waals surface area contributed by atoms with Gasteiger partial charge in [0.05, 0.1) is 18.1 Å². The Morgan fingerprint density at radius 1 is 1.68 bits per heavy atom. The van der Waals surface area contributed by atoms with Crippen LogP contribution in [0.2, 0.25) is 0 Å². The summed E-state index contributed by atoms with van der Waals surface area (Å²) in [6.45, 7) is 0.508. The van der Waals surface area contributed by atoms with Crippen molar-refractivity contribution in [2.45, 2.75) is 25.0 Å². The number of rotatable bonds is 5. The van der Waals surface area contributed by atoms with Gasteiger partial charge < -0.3 is 14.6 Å². The van der Waals surface area contributed by atoms with E-state index < -0.39 is 23.9 Å². The smallest absolute Gasteiger partial charge is 0.309 e. The molecule has 1 aromatic heterocycles. The Hall–Kier alpha value is -1.53. The minimum Gasteiger partial charge on any atom is -0.481 e. The van der Waals surface area contributed by atoms with Gasteiger partial charge in [0, 0.05) is 19.9 Å². The van der Waals surface area contributed by atoms with E-state index in [1.165, 1.54) is 12.3 Å². The molecule has 6 heteroatoms. The van der Waals surface area contributed by atoms with Crippen molar-refractivity contribution in [1.82, 2.24) is 4.98 Å². The summed E-state index contributed by atoms with van der Waals surface area (Å²) in [6, 6.07) is 2.81. The molecule has 0 amide bonds. The van der Waals surface area contributed by atoms with Crippen LogP contribution in [0.15, 0.2) is 18.3 Å². The van der Waals surface area contributed by atoms with Crippen molar-refractivity contribution < 1.29 is 23.8 Å². The molecule has 1 aliphatic rings. The number of aliphatic carboxylic acids is 1. The third kappa shape index (κ3) is 3.27. The minimum atomic E-state index is -0.929. The van der Waals surface area contributed by atoms with Gasteiger partial charge in [-0.3, -0.25) is 4.79 Å². The fourth-order valence-corrected chi connectivity index (χ4v) is 2.34. The number of halogens is 1. The van der Waals surface area contributed by atoms with Crippen LogP contribution in [-0.4, -0.2) is 35.9 Å². The number of hydrogen-bond donors (Lipinski definition) is 1. The number of methoxy groups -OCH3 is 1. The third-order valence-electron chi connectivity index (χ3n) is 3.26. The number of hydrogen-bond acceptors (Lipinski definition) is 4. The molecule has 104 valence electrons. The first-order valence-electron chi connectivity index (χ1n) is 6.10. The molecule has 0 radical (unpaired) electrons. The first-order valence-corrected chi connectivity index (χ1v) is 6.10. The molecule has 1 aliphatic heterocycles. The molecular formula is C13H16FNO4. The first-order chi connectivity index (χ1) is 9.11. The highest BCUT2D eigenvalue weighted by atomic mass is 19.1.